The molecule has 1 aliphatic carbocycles. The molecule has 3 rings (SSSR count). The lowest BCUT2D eigenvalue weighted by atomic mass is 9.95. The molecule has 0 heteroatoms. The quantitative estimate of drug-likeness (QED) is 0.584. The minimum Gasteiger partial charge on any atom is -0.0616 e. The first-order valence-corrected chi connectivity index (χ1v) is 5.79. The highest BCUT2D eigenvalue weighted by molar-refractivity contribution is 5.88. The largest absolute Gasteiger partial charge is 0.0616 e. The van der Waals surface area contributed by atoms with Gasteiger partial charge in [0, 0.05) is 0 Å². The van der Waals surface area contributed by atoms with E-state index < -0.39 is 0 Å². The number of hydrogen-bond acceptors (Lipinski definition) is 0. The number of fused-ring (bicyclic) bond motifs is 3. The second-order valence-electron chi connectivity index (χ2n) is 4.83. The lowest BCUT2D eigenvalue weighted by molar-refractivity contribution is 0.662. The van der Waals surface area contributed by atoms with Crippen LogP contribution in [0.5, 0.6) is 0 Å². The zero-order chi connectivity index (χ0) is 10.4. The van der Waals surface area contributed by atoms with Crippen LogP contribution in [0.4, 0.5) is 0 Å². The van der Waals surface area contributed by atoms with Crippen molar-refractivity contribution in [2.45, 2.75) is 32.1 Å². The second-order valence-corrected chi connectivity index (χ2v) is 4.83. The van der Waals surface area contributed by atoms with E-state index in [0.29, 0.717) is 0 Å². The van der Waals surface area contributed by atoms with E-state index in [1.807, 2.05) is 0 Å². The highest BCUT2D eigenvalue weighted by Crippen LogP contribution is 2.44. The summed E-state index contributed by atoms with van der Waals surface area (Å²) in [5, 5.41) is 2.85. The molecule has 15 heavy (non-hydrogen) atoms. The van der Waals surface area contributed by atoms with E-state index in [0.717, 1.165) is 11.8 Å². The molecular weight excluding hydrogens is 180 g/mol. The Balaban J connectivity index is 2.39. The first-order valence-electron chi connectivity index (χ1n) is 5.79. The highest BCUT2D eigenvalue weighted by atomic mass is 14.3. The molecule has 0 saturated heterocycles. The molecule has 0 bridgehead atoms. The molecule has 0 aliphatic heterocycles. The molecule has 2 atom stereocenters. The van der Waals surface area contributed by atoms with Crippen LogP contribution in [0.3, 0.4) is 0 Å². The maximum absolute atomic E-state index is 2.36. The highest BCUT2D eigenvalue weighted by Gasteiger charge is 2.26. The predicted octanol–water partition coefficient (Wildman–Crippen LogP) is 4.45. The van der Waals surface area contributed by atoms with Crippen molar-refractivity contribution in [2.75, 3.05) is 0 Å². The van der Waals surface area contributed by atoms with Crippen LogP contribution < -0.4 is 0 Å². The summed E-state index contributed by atoms with van der Waals surface area (Å²) >= 11 is 0. The fourth-order valence-electron chi connectivity index (χ4n) is 3.07. The SMILES string of the molecule is CC1CC(C)c2c1ccc1ccccc21. The molecule has 0 saturated carbocycles. The van der Waals surface area contributed by atoms with Gasteiger partial charge >= 0.3 is 0 Å². The summed E-state index contributed by atoms with van der Waals surface area (Å²) in [5.41, 5.74) is 3.17. The molecule has 0 aromatic heterocycles. The summed E-state index contributed by atoms with van der Waals surface area (Å²) in [6.07, 6.45) is 1.31. The lowest BCUT2D eigenvalue weighted by Crippen LogP contribution is -1.88. The van der Waals surface area contributed by atoms with Gasteiger partial charge in [-0.25, -0.2) is 0 Å². The van der Waals surface area contributed by atoms with Gasteiger partial charge in [0.05, 0.1) is 0 Å². The lowest BCUT2D eigenvalue weighted by Gasteiger charge is -2.09. The Morgan fingerprint density at radius 3 is 2.60 bits per heavy atom. The average Bonchev–Trinajstić information content (AvgIpc) is 2.55. The molecule has 0 amide bonds. The molecule has 2 aromatic carbocycles. The summed E-state index contributed by atoms with van der Waals surface area (Å²) in [6, 6.07) is 13.3. The Morgan fingerprint density at radius 1 is 0.933 bits per heavy atom. The van der Waals surface area contributed by atoms with Crippen LogP contribution in [0, 0.1) is 0 Å². The normalized spacial score (nSPS) is 24.4. The van der Waals surface area contributed by atoms with E-state index in [1.165, 1.54) is 17.2 Å². The van der Waals surface area contributed by atoms with Crippen LogP contribution in [0.1, 0.15) is 43.2 Å². The summed E-state index contributed by atoms with van der Waals surface area (Å²) < 4.78 is 0. The van der Waals surface area contributed by atoms with Gasteiger partial charge in [0.25, 0.3) is 0 Å². The number of benzene rings is 2. The molecule has 0 heterocycles. The molecular formula is C15H16. The third kappa shape index (κ3) is 1.21. The fourth-order valence-corrected chi connectivity index (χ4v) is 3.07. The molecule has 2 aromatic rings. The molecule has 76 valence electrons. The standard InChI is InChI=1S/C15H16/c1-10-9-11(2)15-13(10)8-7-12-5-3-4-6-14(12)15/h3-8,10-11H,9H2,1-2H3. The van der Waals surface area contributed by atoms with Gasteiger partial charge in [0.15, 0.2) is 0 Å². The smallest absolute Gasteiger partial charge is 0.0146 e. The van der Waals surface area contributed by atoms with Crippen molar-refractivity contribution >= 4 is 10.8 Å². The van der Waals surface area contributed by atoms with Crippen LogP contribution in [0.25, 0.3) is 10.8 Å². The van der Waals surface area contributed by atoms with Crippen LogP contribution >= 0.6 is 0 Å². The van der Waals surface area contributed by atoms with Crippen molar-refractivity contribution in [3.8, 4) is 0 Å². The Morgan fingerprint density at radius 2 is 1.73 bits per heavy atom. The Kier molecular flexibility index (Phi) is 1.85. The Bertz CT molecular complexity index is 510. The summed E-state index contributed by atoms with van der Waals surface area (Å²) in [6.45, 7) is 4.70. The van der Waals surface area contributed by atoms with Gasteiger partial charge in [-0.05, 0) is 40.2 Å². The van der Waals surface area contributed by atoms with Crippen LogP contribution in [-0.4, -0.2) is 0 Å². The molecule has 2 unspecified atom stereocenters. The van der Waals surface area contributed by atoms with Crippen molar-refractivity contribution in [1.82, 2.24) is 0 Å². The first-order chi connectivity index (χ1) is 7.27. The molecule has 0 spiro atoms. The van der Waals surface area contributed by atoms with Gasteiger partial charge in [-0.3, -0.25) is 0 Å². The van der Waals surface area contributed by atoms with Crippen LogP contribution in [0.2, 0.25) is 0 Å². The topological polar surface area (TPSA) is 0 Å². The Hall–Kier alpha value is -1.30. The fraction of sp³-hybridized carbons (Fsp3) is 0.333. The number of hydrogen-bond donors (Lipinski definition) is 0. The van der Waals surface area contributed by atoms with E-state index in [2.05, 4.69) is 50.2 Å². The first kappa shape index (κ1) is 8.96. The Labute approximate surface area is 90.9 Å². The van der Waals surface area contributed by atoms with Crippen LogP contribution in [0.15, 0.2) is 36.4 Å². The van der Waals surface area contributed by atoms with Gasteiger partial charge in [-0.1, -0.05) is 50.2 Å². The van der Waals surface area contributed by atoms with Crippen LogP contribution in [-0.2, 0) is 0 Å². The third-order valence-corrected chi connectivity index (χ3v) is 3.74. The van der Waals surface area contributed by atoms with Crippen molar-refractivity contribution in [2.24, 2.45) is 0 Å². The average molecular weight is 196 g/mol. The van der Waals surface area contributed by atoms with Crippen molar-refractivity contribution in [3.05, 3.63) is 47.5 Å². The summed E-state index contributed by atoms with van der Waals surface area (Å²) in [7, 11) is 0. The van der Waals surface area contributed by atoms with E-state index in [-0.39, 0.29) is 0 Å². The number of rotatable bonds is 0. The zero-order valence-corrected chi connectivity index (χ0v) is 9.33. The summed E-state index contributed by atoms with van der Waals surface area (Å²) in [5.74, 6) is 1.46. The van der Waals surface area contributed by atoms with E-state index in [1.54, 1.807) is 11.1 Å². The van der Waals surface area contributed by atoms with Gasteiger partial charge in [-0.15, -0.1) is 0 Å². The summed E-state index contributed by atoms with van der Waals surface area (Å²) in [4.78, 5) is 0. The molecule has 0 nitrogen and oxygen atoms in total. The predicted molar refractivity (Wildman–Crippen MR) is 65.4 cm³/mol. The van der Waals surface area contributed by atoms with Crippen molar-refractivity contribution < 1.29 is 0 Å². The molecule has 0 fully saturated rings. The van der Waals surface area contributed by atoms with E-state index >= 15 is 0 Å². The van der Waals surface area contributed by atoms with Gasteiger partial charge in [0.1, 0.15) is 0 Å². The van der Waals surface area contributed by atoms with Crippen molar-refractivity contribution in [1.29, 1.82) is 0 Å². The minimum absolute atomic E-state index is 0.723. The monoisotopic (exact) mass is 196 g/mol. The third-order valence-electron chi connectivity index (χ3n) is 3.74. The van der Waals surface area contributed by atoms with E-state index in [4.69, 9.17) is 0 Å². The van der Waals surface area contributed by atoms with Gasteiger partial charge in [0.2, 0.25) is 0 Å². The molecule has 0 radical (unpaired) electrons. The van der Waals surface area contributed by atoms with E-state index in [9.17, 15) is 0 Å². The molecule has 0 N–H and O–H groups in total. The minimum atomic E-state index is 0.723. The van der Waals surface area contributed by atoms with Gasteiger partial charge < -0.3 is 0 Å². The second kappa shape index (κ2) is 3.10. The van der Waals surface area contributed by atoms with Crippen molar-refractivity contribution in [3.63, 3.8) is 0 Å². The maximum Gasteiger partial charge on any atom is -0.0146 e. The molecule has 1 aliphatic rings. The zero-order valence-electron chi connectivity index (χ0n) is 9.33. The van der Waals surface area contributed by atoms with Gasteiger partial charge in [-0.2, -0.15) is 0 Å². The maximum atomic E-state index is 2.36.